The van der Waals surface area contributed by atoms with E-state index in [0.717, 1.165) is 0 Å². The van der Waals surface area contributed by atoms with Crippen LogP contribution in [-0.4, -0.2) is 33.9 Å². The summed E-state index contributed by atoms with van der Waals surface area (Å²) in [6.07, 6.45) is -0.195. The maximum absolute atomic E-state index is 10.2. The van der Waals surface area contributed by atoms with Gasteiger partial charge in [-0.1, -0.05) is 0 Å². The third-order valence-corrected chi connectivity index (χ3v) is 2.00. The molecule has 72 valence electrons. The second kappa shape index (κ2) is 3.83. The van der Waals surface area contributed by atoms with Gasteiger partial charge in [0.05, 0.1) is 12.7 Å². The molecule has 0 aromatic rings. The molecule has 3 N–H and O–H groups in total. The minimum Gasteiger partial charge on any atom is -0.368 e. The van der Waals surface area contributed by atoms with E-state index in [2.05, 4.69) is 4.52 Å². The Morgan fingerprint density at radius 3 is 2.58 bits per heavy atom. The highest BCUT2D eigenvalue weighted by Gasteiger charge is 2.26. The molecule has 0 bridgehead atoms. The Morgan fingerprint density at radius 1 is 1.50 bits per heavy atom. The molecule has 1 heterocycles. The van der Waals surface area contributed by atoms with E-state index < -0.39 is 20.2 Å². The van der Waals surface area contributed by atoms with Gasteiger partial charge in [0.1, 0.15) is 0 Å². The van der Waals surface area contributed by atoms with Crippen molar-refractivity contribution in [3.63, 3.8) is 0 Å². The SMILES string of the molecule is O=P(O)(O)OC[C@@H]1CC[C@H](O)O1. The topological polar surface area (TPSA) is 96.2 Å². The molecule has 0 unspecified atom stereocenters. The van der Waals surface area contributed by atoms with Crippen LogP contribution in [0.1, 0.15) is 12.8 Å². The monoisotopic (exact) mass is 198 g/mol. The van der Waals surface area contributed by atoms with Gasteiger partial charge in [-0.3, -0.25) is 4.52 Å². The van der Waals surface area contributed by atoms with E-state index in [0.29, 0.717) is 12.8 Å². The molecule has 1 saturated heterocycles. The number of aliphatic hydroxyl groups excluding tert-OH is 1. The van der Waals surface area contributed by atoms with E-state index in [1.807, 2.05) is 0 Å². The summed E-state index contributed by atoms with van der Waals surface area (Å²) in [4.78, 5) is 16.6. The minimum absolute atomic E-state index is 0.179. The van der Waals surface area contributed by atoms with Gasteiger partial charge in [0, 0.05) is 6.42 Å². The first-order valence-electron chi connectivity index (χ1n) is 3.51. The molecule has 0 spiro atoms. The van der Waals surface area contributed by atoms with Crippen molar-refractivity contribution in [3.05, 3.63) is 0 Å². The summed E-state index contributed by atoms with van der Waals surface area (Å²) in [5, 5.41) is 8.86. The zero-order valence-corrected chi connectivity index (χ0v) is 7.18. The summed E-state index contributed by atoms with van der Waals surface area (Å²) >= 11 is 0. The first-order valence-corrected chi connectivity index (χ1v) is 5.04. The Hall–Kier alpha value is 0.0300. The molecule has 6 nitrogen and oxygen atoms in total. The maximum Gasteiger partial charge on any atom is 0.469 e. The molecule has 1 aliphatic rings. The van der Waals surface area contributed by atoms with Gasteiger partial charge in [-0.2, -0.15) is 0 Å². The molecule has 0 aromatic heterocycles. The van der Waals surface area contributed by atoms with Crippen LogP contribution in [-0.2, 0) is 13.8 Å². The summed E-state index contributed by atoms with van der Waals surface area (Å²) < 4.78 is 19.3. The molecule has 1 aliphatic heterocycles. The normalized spacial score (nSPS) is 30.9. The van der Waals surface area contributed by atoms with Crippen molar-refractivity contribution in [1.82, 2.24) is 0 Å². The van der Waals surface area contributed by atoms with Gasteiger partial charge >= 0.3 is 7.82 Å². The van der Waals surface area contributed by atoms with E-state index >= 15 is 0 Å². The molecule has 0 aliphatic carbocycles. The summed E-state index contributed by atoms with van der Waals surface area (Å²) in [5.41, 5.74) is 0. The molecule has 1 fully saturated rings. The molecule has 0 amide bonds. The van der Waals surface area contributed by atoms with Crippen LogP contribution in [0.2, 0.25) is 0 Å². The smallest absolute Gasteiger partial charge is 0.368 e. The number of hydrogen-bond acceptors (Lipinski definition) is 4. The predicted octanol–water partition coefficient (Wildman–Crippen LogP) is -0.407. The van der Waals surface area contributed by atoms with Crippen LogP contribution in [0, 0.1) is 0 Å². The fourth-order valence-electron chi connectivity index (χ4n) is 0.990. The Balaban J connectivity index is 2.21. The molecule has 12 heavy (non-hydrogen) atoms. The fraction of sp³-hybridized carbons (Fsp3) is 1.00. The molecular formula is C5H11O6P. The van der Waals surface area contributed by atoms with E-state index in [4.69, 9.17) is 19.6 Å². The highest BCUT2D eigenvalue weighted by molar-refractivity contribution is 7.46. The van der Waals surface area contributed by atoms with Crippen molar-refractivity contribution < 1.29 is 28.7 Å². The van der Waals surface area contributed by atoms with Gasteiger partial charge in [-0.05, 0) is 6.42 Å². The van der Waals surface area contributed by atoms with Crippen LogP contribution in [0.25, 0.3) is 0 Å². The average Bonchev–Trinajstić information content (AvgIpc) is 2.30. The Morgan fingerprint density at radius 2 is 2.17 bits per heavy atom. The summed E-state index contributed by atoms with van der Waals surface area (Å²) in [6, 6.07) is 0. The standard InChI is InChI=1S/C5H11O6P/c6-5-2-1-4(11-5)3-10-12(7,8)9/h4-6H,1-3H2,(H2,7,8,9)/t4-,5+/m0/s1. The van der Waals surface area contributed by atoms with Crippen LogP contribution in [0.4, 0.5) is 0 Å². The number of aliphatic hydroxyl groups is 1. The molecule has 0 saturated carbocycles. The molecule has 0 radical (unpaired) electrons. The number of rotatable bonds is 3. The number of hydrogen-bond donors (Lipinski definition) is 3. The highest BCUT2D eigenvalue weighted by Crippen LogP contribution is 2.36. The minimum atomic E-state index is -4.40. The third-order valence-electron chi connectivity index (χ3n) is 1.51. The lowest BCUT2D eigenvalue weighted by Crippen LogP contribution is -2.15. The second-order valence-electron chi connectivity index (χ2n) is 2.58. The van der Waals surface area contributed by atoms with Crippen LogP contribution < -0.4 is 0 Å². The van der Waals surface area contributed by atoms with Crippen molar-refractivity contribution in [3.8, 4) is 0 Å². The Bertz CT molecular complexity index is 188. The number of phosphoric ester groups is 1. The second-order valence-corrected chi connectivity index (χ2v) is 3.82. The van der Waals surface area contributed by atoms with Crippen LogP contribution >= 0.6 is 7.82 Å². The predicted molar refractivity (Wildman–Crippen MR) is 38.1 cm³/mol. The van der Waals surface area contributed by atoms with E-state index in [9.17, 15) is 4.57 Å². The zero-order chi connectivity index (χ0) is 9.19. The van der Waals surface area contributed by atoms with Gasteiger partial charge in [0.15, 0.2) is 6.29 Å². The average molecular weight is 198 g/mol. The van der Waals surface area contributed by atoms with Gasteiger partial charge < -0.3 is 19.6 Å². The van der Waals surface area contributed by atoms with Gasteiger partial charge in [-0.15, -0.1) is 0 Å². The van der Waals surface area contributed by atoms with Gasteiger partial charge in [0.25, 0.3) is 0 Å². The molecule has 7 heteroatoms. The van der Waals surface area contributed by atoms with E-state index in [1.54, 1.807) is 0 Å². The molecule has 1 rings (SSSR count). The molecular weight excluding hydrogens is 187 g/mol. The first-order chi connectivity index (χ1) is 5.47. The Labute approximate surface area is 69.4 Å². The van der Waals surface area contributed by atoms with Crippen LogP contribution in [0.5, 0.6) is 0 Å². The summed E-state index contributed by atoms with van der Waals surface area (Å²) in [5.74, 6) is 0. The van der Waals surface area contributed by atoms with Crippen molar-refractivity contribution in [2.75, 3.05) is 6.61 Å². The molecule has 0 aromatic carbocycles. The lowest BCUT2D eigenvalue weighted by Gasteiger charge is -2.10. The summed E-state index contributed by atoms with van der Waals surface area (Å²) in [6.45, 7) is -0.179. The first kappa shape index (κ1) is 10.1. The maximum atomic E-state index is 10.2. The highest BCUT2D eigenvalue weighted by atomic mass is 31.2. The lowest BCUT2D eigenvalue weighted by atomic mass is 10.2. The lowest BCUT2D eigenvalue weighted by molar-refractivity contribution is -0.100. The van der Waals surface area contributed by atoms with Crippen molar-refractivity contribution in [2.24, 2.45) is 0 Å². The van der Waals surface area contributed by atoms with Gasteiger partial charge in [-0.25, -0.2) is 4.57 Å². The fourth-order valence-corrected chi connectivity index (χ4v) is 1.35. The quantitative estimate of drug-likeness (QED) is 0.533. The van der Waals surface area contributed by atoms with Crippen molar-refractivity contribution >= 4 is 7.82 Å². The largest absolute Gasteiger partial charge is 0.469 e. The van der Waals surface area contributed by atoms with Gasteiger partial charge in [0.2, 0.25) is 0 Å². The molecule has 2 atom stereocenters. The van der Waals surface area contributed by atoms with Crippen molar-refractivity contribution in [1.29, 1.82) is 0 Å². The zero-order valence-electron chi connectivity index (χ0n) is 6.29. The van der Waals surface area contributed by atoms with Crippen molar-refractivity contribution in [2.45, 2.75) is 25.2 Å². The third kappa shape index (κ3) is 3.62. The van der Waals surface area contributed by atoms with E-state index in [-0.39, 0.29) is 6.61 Å². The number of ether oxygens (including phenoxy) is 1. The Kier molecular flexibility index (Phi) is 3.22. The summed E-state index contributed by atoms with van der Waals surface area (Å²) in [7, 11) is -4.40. The number of phosphoric acid groups is 1. The van der Waals surface area contributed by atoms with E-state index in [1.165, 1.54) is 0 Å². The van der Waals surface area contributed by atoms with Crippen LogP contribution in [0.3, 0.4) is 0 Å². The van der Waals surface area contributed by atoms with Crippen LogP contribution in [0.15, 0.2) is 0 Å².